The number of aromatic hydroxyl groups is 1. The van der Waals surface area contributed by atoms with Gasteiger partial charge in [-0.05, 0) is 67.1 Å². The molecule has 1 N–H and O–H groups in total. The molecule has 0 heterocycles. The van der Waals surface area contributed by atoms with Gasteiger partial charge in [0, 0.05) is 11.1 Å². The lowest BCUT2D eigenvalue weighted by Gasteiger charge is -2.19. The van der Waals surface area contributed by atoms with Crippen LogP contribution in [0.15, 0.2) is 54.6 Å². The van der Waals surface area contributed by atoms with Gasteiger partial charge in [-0.2, -0.15) is 0 Å². The maximum absolute atomic E-state index is 10.1. The van der Waals surface area contributed by atoms with E-state index < -0.39 is 0 Å². The summed E-state index contributed by atoms with van der Waals surface area (Å²) in [5.74, 6) is 1.05. The van der Waals surface area contributed by atoms with Gasteiger partial charge in [0.15, 0.2) is 0 Å². The van der Waals surface area contributed by atoms with Crippen LogP contribution in [0.5, 0.6) is 11.5 Å². The number of benzene rings is 3. The minimum Gasteiger partial charge on any atom is -0.508 e. The van der Waals surface area contributed by atoms with Crippen LogP contribution in [0.3, 0.4) is 0 Å². The van der Waals surface area contributed by atoms with Crippen molar-refractivity contribution in [2.75, 3.05) is 0 Å². The normalized spacial score (nSPS) is 12.2. The molecule has 2 nitrogen and oxygen atoms in total. The predicted molar refractivity (Wildman–Crippen MR) is 102 cm³/mol. The van der Waals surface area contributed by atoms with E-state index in [0.717, 1.165) is 23.3 Å². The van der Waals surface area contributed by atoms with Crippen LogP contribution in [0.4, 0.5) is 0 Å². The third-order valence-electron chi connectivity index (χ3n) is 4.87. The summed E-state index contributed by atoms with van der Waals surface area (Å²) in [7, 11) is 0. The molecule has 1 aliphatic rings. The van der Waals surface area contributed by atoms with Crippen molar-refractivity contribution in [1.29, 1.82) is 0 Å². The molecule has 0 bridgehead atoms. The summed E-state index contributed by atoms with van der Waals surface area (Å²) in [5, 5.41) is 10.1. The molecule has 2 heteroatoms. The largest absolute Gasteiger partial charge is 0.508 e. The van der Waals surface area contributed by atoms with E-state index in [2.05, 4.69) is 42.5 Å². The second kappa shape index (κ2) is 5.96. The molecule has 1 aliphatic carbocycles. The van der Waals surface area contributed by atoms with E-state index in [-0.39, 0.29) is 11.9 Å². The molecule has 0 radical (unpaired) electrons. The zero-order valence-corrected chi connectivity index (χ0v) is 14.8. The zero-order valence-electron chi connectivity index (χ0n) is 14.8. The minimum atomic E-state index is 0.0493. The standard InChI is InChI=1S/C23H22O2/c1-14(2)25-23-15(3)22(24)12-11-20(23)19-10-6-9-18-17-8-5-4-7-16(17)13-21(18)19/h4-12,14,24H,13H2,1-3H3. The van der Waals surface area contributed by atoms with Crippen LogP contribution >= 0.6 is 0 Å². The molecule has 0 saturated heterocycles. The number of fused-ring (bicyclic) bond motifs is 3. The van der Waals surface area contributed by atoms with E-state index in [1.807, 2.05) is 26.8 Å². The summed E-state index contributed by atoms with van der Waals surface area (Å²) in [6.45, 7) is 5.94. The Balaban J connectivity index is 1.92. The van der Waals surface area contributed by atoms with E-state index in [4.69, 9.17) is 4.74 Å². The Hall–Kier alpha value is -2.74. The number of phenols is 1. The van der Waals surface area contributed by atoms with Crippen molar-refractivity contribution >= 4 is 0 Å². The van der Waals surface area contributed by atoms with E-state index >= 15 is 0 Å². The monoisotopic (exact) mass is 330 g/mol. The molecular formula is C23H22O2. The highest BCUT2D eigenvalue weighted by Gasteiger charge is 2.23. The summed E-state index contributed by atoms with van der Waals surface area (Å²) < 4.78 is 6.09. The van der Waals surface area contributed by atoms with Gasteiger partial charge >= 0.3 is 0 Å². The van der Waals surface area contributed by atoms with Gasteiger partial charge in [0.05, 0.1) is 6.10 Å². The van der Waals surface area contributed by atoms with Crippen LogP contribution in [0.2, 0.25) is 0 Å². The predicted octanol–water partition coefficient (Wildman–Crippen LogP) is 5.73. The first-order valence-corrected chi connectivity index (χ1v) is 8.76. The van der Waals surface area contributed by atoms with Crippen molar-refractivity contribution in [3.05, 3.63) is 71.3 Å². The Bertz CT molecular complexity index is 954. The van der Waals surface area contributed by atoms with Crippen molar-refractivity contribution in [2.24, 2.45) is 0 Å². The van der Waals surface area contributed by atoms with Gasteiger partial charge in [0.25, 0.3) is 0 Å². The maximum Gasteiger partial charge on any atom is 0.134 e. The molecule has 0 atom stereocenters. The quantitative estimate of drug-likeness (QED) is 0.520. The topological polar surface area (TPSA) is 29.5 Å². The molecule has 0 aromatic heterocycles. The summed E-state index contributed by atoms with van der Waals surface area (Å²) in [5.41, 5.74) is 8.35. The van der Waals surface area contributed by atoms with Gasteiger partial charge in [-0.15, -0.1) is 0 Å². The summed E-state index contributed by atoms with van der Waals surface area (Å²) in [6.07, 6.45) is 0.983. The first-order chi connectivity index (χ1) is 12.1. The Morgan fingerprint density at radius 3 is 2.28 bits per heavy atom. The first-order valence-electron chi connectivity index (χ1n) is 8.76. The van der Waals surface area contributed by atoms with Crippen LogP contribution < -0.4 is 4.74 Å². The van der Waals surface area contributed by atoms with E-state index in [1.54, 1.807) is 6.07 Å². The van der Waals surface area contributed by atoms with Crippen LogP contribution in [-0.4, -0.2) is 11.2 Å². The van der Waals surface area contributed by atoms with Gasteiger partial charge in [0.2, 0.25) is 0 Å². The second-order valence-corrected chi connectivity index (χ2v) is 6.92. The van der Waals surface area contributed by atoms with Gasteiger partial charge in [-0.1, -0.05) is 42.5 Å². The van der Waals surface area contributed by atoms with Crippen molar-refractivity contribution in [1.82, 2.24) is 0 Å². The van der Waals surface area contributed by atoms with Gasteiger partial charge in [-0.3, -0.25) is 0 Å². The molecular weight excluding hydrogens is 308 g/mol. The van der Waals surface area contributed by atoms with E-state index in [0.29, 0.717) is 0 Å². The van der Waals surface area contributed by atoms with Crippen LogP contribution in [-0.2, 0) is 6.42 Å². The highest BCUT2D eigenvalue weighted by Crippen LogP contribution is 2.45. The van der Waals surface area contributed by atoms with E-state index in [9.17, 15) is 5.11 Å². The van der Waals surface area contributed by atoms with Crippen LogP contribution in [0.25, 0.3) is 22.3 Å². The Kier molecular flexibility index (Phi) is 3.76. The average molecular weight is 330 g/mol. The summed E-state index contributed by atoms with van der Waals surface area (Å²) in [6, 6.07) is 18.8. The van der Waals surface area contributed by atoms with Gasteiger partial charge < -0.3 is 9.84 Å². The molecule has 0 aliphatic heterocycles. The minimum absolute atomic E-state index is 0.0493. The lowest BCUT2D eigenvalue weighted by molar-refractivity contribution is 0.240. The number of hydrogen-bond donors (Lipinski definition) is 1. The van der Waals surface area contributed by atoms with Crippen molar-refractivity contribution in [3.63, 3.8) is 0 Å². The number of phenolic OH excluding ortho intramolecular Hbond substituents is 1. The number of rotatable bonds is 3. The highest BCUT2D eigenvalue weighted by atomic mass is 16.5. The number of ether oxygens (including phenoxy) is 1. The molecule has 0 unspecified atom stereocenters. The first kappa shape index (κ1) is 15.8. The summed E-state index contributed by atoms with van der Waals surface area (Å²) >= 11 is 0. The zero-order chi connectivity index (χ0) is 17.6. The Morgan fingerprint density at radius 2 is 1.52 bits per heavy atom. The Morgan fingerprint density at radius 1 is 0.840 bits per heavy atom. The third-order valence-corrected chi connectivity index (χ3v) is 4.87. The lowest BCUT2D eigenvalue weighted by atomic mass is 9.93. The molecule has 3 aromatic carbocycles. The molecule has 4 rings (SSSR count). The summed E-state index contributed by atoms with van der Waals surface area (Å²) in [4.78, 5) is 0. The third kappa shape index (κ3) is 2.58. The molecule has 0 saturated carbocycles. The van der Waals surface area contributed by atoms with E-state index in [1.165, 1.54) is 27.8 Å². The number of hydrogen-bond acceptors (Lipinski definition) is 2. The van der Waals surface area contributed by atoms with Crippen molar-refractivity contribution < 1.29 is 9.84 Å². The van der Waals surface area contributed by atoms with Crippen LogP contribution in [0, 0.1) is 6.92 Å². The highest BCUT2D eigenvalue weighted by molar-refractivity contribution is 5.87. The fraction of sp³-hybridized carbons (Fsp3) is 0.217. The second-order valence-electron chi connectivity index (χ2n) is 6.92. The molecule has 0 fully saturated rings. The fourth-order valence-electron chi connectivity index (χ4n) is 3.69. The van der Waals surface area contributed by atoms with Gasteiger partial charge in [0.1, 0.15) is 11.5 Å². The van der Waals surface area contributed by atoms with Crippen molar-refractivity contribution in [3.8, 4) is 33.8 Å². The SMILES string of the molecule is Cc1c(O)ccc(-c2cccc3c2Cc2ccccc2-3)c1OC(C)C. The molecule has 0 spiro atoms. The van der Waals surface area contributed by atoms with Crippen molar-refractivity contribution in [2.45, 2.75) is 33.3 Å². The maximum atomic E-state index is 10.1. The molecule has 0 amide bonds. The molecule has 25 heavy (non-hydrogen) atoms. The molecule has 126 valence electrons. The Labute approximate surface area is 148 Å². The lowest BCUT2D eigenvalue weighted by Crippen LogP contribution is -2.08. The fourth-order valence-corrected chi connectivity index (χ4v) is 3.69. The van der Waals surface area contributed by atoms with Crippen LogP contribution in [0.1, 0.15) is 30.5 Å². The molecule has 3 aromatic rings. The van der Waals surface area contributed by atoms with Gasteiger partial charge in [-0.25, -0.2) is 0 Å². The smallest absolute Gasteiger partial charge is 0.134 e. The average Bonchev–Trinajstić information content (AvgIpc) is 2.98.